The molecule has 17 heavy (non-hydrogen) atoms. The summed E-state index contributed by atoms with van der Waals surface area (Å²) in [7, 11) is 0. The lowest BCUT2D eigenvalue weighted by Gasteiger charge is -2.07. The number of nitrogens with zero attached hydrogens (tertiary/aromatic N) is 2. The van der Waals surface area contributed by atoms with Crippen LogP contribution in [0.3, 0.4) is 0 Å². The molecule has 0 amide bonds. The molecule has 0 aliphatic heterocycles. The zero-order valence-corrected chi connectivity index (χ0v) is 11.0. The van der Waals surface area contributed by atoms with Crippen molar-refractivity contribution in [3.05, 3.63) is 17.3 Å². The van der Waals surface area contributed by atoms with Gasteiger partial charge < -0.3 is 10.1 Å². The topological polar surface area (TPSA) is 47.0 Å². The number of nitrogens with one attached hydrogen (secondary N) is 1. The lowest BCUT2D eigenvalue weighted by molar-refractivity contribution is 0.116. The molecule has 0 spiro atoms. The van der Waals surface area contributed by atoms with Crippen LogP contribution in [0.1, 0.15) is 26.1 Å². The fourth-order valence-corrected chi connectivity index (χ4v) is 2.36. The van der Waals surface area contributed by atoms with Gasteiger partial charge in [0.25, 0.3) is 0 Å². The van der Waals surface area contributed by atoms with Gasteiger partial charge >= 0.3 is 0 Å². The van der Waals surface area contributed by atoms with E-state index in [0.29, 0.717) is 6.61 Å². The molecular weight excluding hydrogens is 234 g/mol. The summed E-state index contributed by atoms with van der Waals surface area (Å²) in [6.07, 6.45) is 1.02. The minimum absolute atomic E-state index is 0.486. The van der Waals surface area contributed by atoms with Gasteiger partial charge in [-0.3, -0.25) is 0 Å². The van der Waals surface area contributed by atoms with E-state index in [1.165, 1.54) is 0 Å². The minimum Gasteiger partial charge on any atom is -0.373 e. The lowest BCUT2D eigenvalue weighted by atomic mass is 10.3. The van der Waals surface area contributed by atoms with Crippen LogP contribution < -0.4 is 5.32 Å². The van der Waals surface area contributed by atoms with Crippen molar-refractivity contribution >= 4 is 27.4 Å². The third-order valence-corrected chi connectivity index (χ3v) is 3.10. The molecule has 4 nitrogen and oxygen atoms in total. The summed E-state index contributed by atoms with van der Waals surface area (Å²) in [4.78, 5) is 10.0. The quantitative estimate of drug-likeness (QED) is 0.802. The zero-order chi connectivity index (χ0) is 12.1. The number of hydrogen-bond acceptors (Lipinski definition) is 5. The normalized spacial score (nSPS) is 10.9. The first-order valence-corrected chi connectivity index (χ1v) is 6.78. The van der Waals surface area contributed by atoms with Gasteiger partial charge in [0.15, 0.2) is 5.82 Å². The first kappa shape index (κ1) is 12.3. The smallest absolute Gasteiger partial charge is 0.158 e. The number of hydrogen-bond donors (Lipinski definition) is 1. The molecule has 2 aromatic heterocycles. The maximum Gasteiger partial charge on any atom is 0.158 e. The second kappa shape index (κ2) is 5.93. The summed E-state index contributed by atoms with van der Waals surface area (Å²) in [5.41, 5.74) is 0. The van der Waals surface area contributed by atoms with E-state index in [1.807, 2.05) is 5.38 Å². The number of aromatic nitrogens is 2. The summed E-state index contributed by atoms with van der Waals surface area (Å²) in [5, 5.41) is 6.40. The number of anilines is 1. The Bertz CT molecular complexity index is 484. The van der Waals surface area contributed by atoms with Crippen LogP contribution in [0.5, 0.6) is 0 Å². The van der Waals surface area contributed by atoms with Gasteiger partial charge in [0.2, 0.25) is 0 Å². The van der Waals surface area contributed by atoms with Crippen molar-refractivity contribution in [1.82, 2.24) is 9.97 Å². The Hall–Kier alpha value is -1.20. The van der Waals surface area contributed by atoms with Crippen molar-refractivity contribution in [2.24, 2.45) is 0 Å². The fraction of sp³-hybridized carbons (Fsp3) is 0.500. The third kappa shape index (κ3) is 2.92. The average molecular weight is 251 g/mol. The van der Waals surface area contributed by atoms with E-state index in [0.717, 1.165) is 41.4 Å². The molecule has 1 N–H and O–H groups in total. The Kier molecular flexibility index (Phi) is 4.28. The van der Waals surface area contributed by atoms with E-state index in [4.69, 9.17) is 4.74 Å². The number of fused-ring (bicyclic) bond motifs is 1. The molecule has 0 aliphatic carbocycles. The second-order valence-electron chi connectivity index (χ2n) is 3.71. The summed E-state index contributed by atoms with van der Waals surface area (Å²) < 4.78 is 5.48. The molecule has 92 valence electrons. The highest BCUT2D eigenvalue weighted by molar-refractivity contribution is 7.16. The lowest BCUT2D eigenvalue weighted by Crippen LogP contribution is -2.05. The first-order chi connectivity index (χ1) is 8.35. The van der Waals surface area contributed by atoms with Crippen molar-refractivity contribution in [3.8, 4) is 0 Å². The number of ether oxygens (including phenoxy) is 1. The average Bonchev–Trinajstić information content (AvgIpc) is 2.78. The summed E-state index contributed by atoms with van der Waals surface area (Å²) in [5.74, 6) is 1.66. The summed E-state index contributed by atoms with van der Waals surface area (Å²) in [6, 6.07) is 2.05. The zero-order valence-electron chi connectivity index (χ0n) is 10.2. The van der Waals surface area contributed by atoms with Gasteiger partial charge in [-0.2, -0.15) is 0 Å². The molecule has 0 unspecified atom stereocenters. The van der Waals surface area contributed by atoms with Crippen molar-refractivity contribution < 1.29 is 4.74 Å². The standard InChI is InChI=1S/C12H17N3OS/c1-3-6-16-8-10-14-11(13-4-2)9-5-7-17-12(9)15-10/h5,7H,3-4,6,8H2,1-2H3,(H,13,14,15). The molecule has 2 aromatic rings. The van der Waals surface area contributed by atoms with Crippen LogP contribution in [-0.2, 0) is 11.3 Å². The van der Waals surface area contributed by atoms with Crippen LogP contribution in [0.2, 0.25) is 0 Å². The van der Waals surface area contributed by atoms with E-state index < -0.39 is 0 Å². The summed E-state index contributed by atoms with van der Waals surface area (Å²) in [6.45, 7) is 6.25. The molecule has 0 atom stereocenters. The van der Waals surface area contributed by atoms with Gasteiger partial charge in [0.1, 0.15) is 17.3 Å². The van der Waals surface area contributed by atoms with Crippen LogP contribution in [-0.4, -0.2) is 23.1 Å². The summed E-state index contributed by atoms with van der Waals surface area (Å²) >= 11 is 1.63. The second-order valence-corrected chi connectivity index (χ2v) is 4.61. The molecule has 0 aromatic carbocycles. The molecule has 0 aliphatic rings. The molecule has 0 saturated heterocycles. The highest BCUT2D eigenvalue weighted by Gasteiger charge is 2.08. The fourth-order valence-electron chi connectivity index (χ4n) is 1.57. The van der Waals surface area contributed by atoms with Gasteiger partial charge in [0.05, 0.1) is 5.39 Å². The maximum absolute atomic E-state index is 5.48. The SMILES string of the molecule is CCCOCc1nc(NCC)c2ccsc2n1. The molecule has 5 heteroatoms. The van der Waals surface area contributed by atoms with Crippen molar-refractivity contribution in [3.63, 3.8) is 0 Å². The monoisotopic (exact) mass is 251 g/mol. The minimum atomic E-state index is 0.486. The molecule has 0 bridgehead atoms. The van der Waals surface area contributed by atoms with Gasteiger partial charge in [-0.05, 0) is 24.8 Å². The van der Waals surface area contributed by atoms with Crippen molar-refractivity contribution in [2.75, 3.05) is 18.5 Å². The Morgan fingerprint density at radius 2 is 2.24 bits per heavy atom. The van der Waals surface area contributed by atoms with Crippen LogP contribution in [0.4, 0.5) is 5.82 Å². The van der Waals surface area contributed by atoms with Crippen LogP contribution in [0.25, 0.3) is 10.2 Å². The van der Waals surface area contributed by atoms with Crippen molar-refractivity contribution in [1.29, 1.82) is 0 Å². The van der Waals surface area contributed by atoms with E-state index in [-0.39, 0.29) is 0 Å². The first-order valence-electron chi connectivity index (χ1n) is 5.90. The largest absolute Gasteiger partial charge is 0.373 e. The maximum atomic E-state index is 5.48. The van der Waals surface area contributed by atoms with Crippen LogP contribution in [0.15, 0.2) is 11.4 Å². The third-order valence-electron chi connectivity index (χ3n) is 2.30. The Morgan fingerprint density at radius 3 is 3.00 bits per heavy atom. The molecule has 2 heterocycles. The van der Waals surface area contributed by atoms with E-state index in [2.05, 4.69) is 35.2 Å². The number of thiophene rings is 1. The highest BCUT2D eigenvalue weighted by Crippen LogP contribution is 2.25. The Balaban J connectivity index is 2.24. The molecular formula is C12H17N3OS. The van der Waals surface area contributed by atoms with Gasteiger partial charge in [-0.1, -0.05) is 6.92 Å². The van der Waals surface area contributed by atoms with Gasteiger partial charge in [-0.25, -0.2) is 9.97 Å². The van der Waals surface area contributed by atoms with Crippen LogP contribution >= 0.6 is 11.3 Å². The molecule has 0 radical (unpaired) electrons. The predicted octanol–water partition coefficient (Wildman–Crippen LogP) is 3.05. The number of rotatable bonds is 6. The molecule has 2 rings (SSSR count). The Labute approximate surface area is 105 Å². The van der Waals surface area contributed by atoms with Gasteiger partial charge in [0, 0.05) is 13.2 Å². The molecule has 0 saturated carbocycles. The predicted molar refractivity (Wildman–Crippen MR) is 71.5 cm³/mol. The van der Waals surface area contributed by atoms with Crippen molar-refractivity contribution in [2.45, 2.75) is 26.9 Å². The van der Waals surface area contributed by atoms with E-state index in [1.54, 1.807) is 11.3 Å². The van der Waals surface area contributed by atoms with Gasteiger partial charge in [-0.15, -0.1) is 11.3 Å². The molecule has 0 fully saturated rings. The van der Waals surface area contributed by atoms with Crippen LogP contribution in [0, 0.1) is 0 Å². The Morgan fingerprint density at radius 1 is 1.35 bits per heavy atom. The van der Waals surface area contributed by atoms with E-state index in [9.17, 15) is 0 Å². The van der Waals surface area contributed by atoms with E-state index >= 15 is 0 Å². The highest BCUT2D eigenvalue weighted by atomic mass is 32.1.